The molecule has 5 heteroatoms. The van der Waals surface area contributed by atoms with Gasteiger partial charge in [0.1, 0.15) is 0 Å². The van der Waals surface area contributed by atoms with E-state index in [1.165, 1.54) is 0 Å². The Labute approximate surface area is 134 Å². The fourth-order valence-corrected chi connectivity index (χ4v) is 4.26. The van der Waals surface area contributed by atoms with Gasteiger partial charge in [-0.1, -0.05) is 20.8 Å². The number of carbonyl (C=O) groups is 1. The maximum absolute atomic E-state index is 12.0. The van der Waals surface area contributed by atoms with Crippen LogP contribution in [0.3, 0.4) is 0 Å². The fraction of sp³-hybridized carbons (Fsp3) is 0.941. The van der Waals surface area contributed by atoms with Gasteiger partial charge in [0.25, 0.3) is 0 Å². The Morgan fingerprint density at radius 2 is 1.82 bits per heavy atom. The number of amides is 1. The van der Waals surface area contributed by atoms with E-state index in [2.05, 4.69) is 50.2 Å². The molecule has 22 heavy (non-hydrogen) atoms. The summed E-state index contributed by atoms with van der Waals surface area (Å²) < 4.78 is 0. The minimum absolute atomic E-state index is 0.0384. The molecular weight excluding hydrogens is 278 g/mol. The number of hydrogen-bond acceptors (Lipinski definition) is 4. The fourth-order valence-electron chi connectivity index (χ4n) is 4.26. The van der Waals surface area contributed by atoms with Crippen molar-refractivity contribution in [1.82, 2.24) is 15.5 Å². The zero-order valence-corrected chi connectivity index (χ0v) is 14.8. The van der Waals surface area contributed by atoms with Gasteiger partial charge in [0.15, 0.2) is 0 Å². The van der Waals surface area contributed by atoms with Crippen LogP contribution in [0.1, 0.15) is 60.3 Å². The summed E-state index contributed by atoms with van der Waals surface area (Å²) in [6.45, 7) is 13.5. The van der Waals surface area contributed by atoms with Gasteiger partial charge in [0.2, 0.25) is 5.91 Å². The lowest BCUT2D eigenvalue weighted by atomic mass is 9.79. The Kier molecular flexibility index (Phi) is 4.91. The van der Waals surface area contributed by atoms with Crippen molar-refractivity contribution in [2.75, 3.05) is 19.7 Å². The first-order valence-corrected chi connectivity index (χ1v) is 8.53. The molecule has 3 N–H and O–H groups in total. The number of aliphatic hydroxyl groups is 1. The summed E-state index contributed by atoms with van der Waals surface area (Å²) in [4.78, 5) is 14.6. The molecule has 2 aliphatic rings. The lowest BCUT2D eigenvalue weighted by Crippen LogP contribution is -2.61. The van der Waals surface area contributed by atoms with Crippen LogP contribution in [0.4, 0.5) is 0 Å². The number of aliphatic hydroxyl groups excluding tert-OH is 1. The van der Waals surface area contributed by atoms with E-state index >= 15 is 0 Å². The Morgan fingerprint density at radius 3 is 2.32 bits per heavy atom. The van der Waals surface area contributed by atoms with Crippen molar-refractivity contribution in [3.8, 4) is 0 Å². The van der Waals surface area contributed by atoms with Crippen molar-refractivity contribution in [2.24, 2.45) is 5.41 Å². The average Bonchev–Trinajstić information content (AvgIpc) is 2.64. The Bertz CT molecular complexity index is 407. The van der Waals surface area contributed by atoms with Crippen LogP contribution in [-0.4, -0.2) is 52.9 Å². The van der Waals surface area contributed by atoms with E-state index in [-0.39, 0.29) is 29.8 Å². The smallest absolute Gasteiger partial charge is 0.238 e. The number of nitrogens with zero attached hydrogens (tertiary/aromatic N) is 1. The Morgan fingerprint density at radius 1 is 1.23 bits per heavy atom. The van der Waals surface area contributed by atoms with E-state index in [4.69, 9.17) is 5.11 Å². The van der Waals surface area contributed by atoms with Crippen molar-refractivity contribution in [1.29, 1.82) is 0 Å². The first-order chi connectivity index (χ1) is 10.1. The minimum atomic E-state index is -0.259. The maximum atomic E-state index is 12.0. The highest BCUT2D eigenvalue weighted by molar-refractivity contribution is 5.85. The number of hydrogen-bond donors (Lipinski definition) is 3. The summed E-state index contributed by atoms with van der Waals surface area (Å²) in [6.07, 6.45) is 3.50. The highest BCUT2D eigenvalue weighted by atomic mass is 16.3. The van der Waals surface area contributed by atoms with Gasteiger partial charge in [-0.05, 0) is 44.9 Å². The molecule has 0 aromatic rings. The van der Waals surface area contributed by atoms with E-state index in [0.717, 1.165) is 32.4 Å². The van der Waals surface area contributed by atoms with Crippen LogP contribution in [-0.2, 0) is 4.79 Å². The van der Waals surface area contributed by atoms with Gasteiger partial charge in [-0.15, -0.1) is 0 Å². The maximum Gasteiger partial charge on any atom is 0.238 e. The zero-order chi connectivity index (χ0) is 16.6. The van der Waals surface area contributed by atoms with Gasteiger partial charge in [0.05, 0.1) is 11.7 Å². The highest BCUT2D eigenvalue weighted by Gasteiger charge is 2.46. The molecule has 0 aromatic heterocycles. The summed E-state index contributed by atoms with van der Waals surface area (Å²) in [7, 11) is 0. The van der Waals surface area contributed by atoms with Crippen molar-refractivity contribution >= 4 is 5.91 Å². The lowest BCUT2D eigenvalue weighted by molar-refractivity contribution is -0.121. The average molecular weight is 311 g/mol. The van der Waals surface area contributed by atoms with Crippen LogP contribution < -0.4 is 10.6 Å². The summed E-state index contributed by atoms with van der Waals surface area (Å²) in [5.41, 5.74) is 0.225. The van der Waals surface area contributed by atoms with Gasteiger partial charge in [-0.25, -0.2) is 0 Å². The van der Waals surface area contributed by atoms with Crippen LogP contribution >= 0.6 is 0 Å². The van der Waals surface area contributed by atoms with Gasteiger partial charge in [-0.2, -0.15) is 0 Å². The molecule has 2 heterocycles. The number of nitrogens with one attached hydrogen (secondary N) is 2. The summed E-state index contributed by atoms with van der Waals surface area (Å²) in [6, 6.07) is -0.237. The molecule has 2 fully saturated rings. The number of rotatable bonds is 4. The molecule has 0 aliphatic carbocycles. The highest BCUT2D eigenvalue weighted by Crippen LogP contribution is 2.35. The van der Waals surface area contributed by atoms with Crippen molar-refractivity contribution < 1.29 is 9.90 Å². The molecule has 0 saturated carbocycles. The normalized spacial score (nSPS) is 26.5. The van der Waals surface area contributed by atoms with E-state index in [1.807, 2.05) is 0 Å². The summed E-state index contributed by atoms with van der Waals surface area (Å²) in [5.74, 6) is 0.0384. The third kappa shape index (κ3) is 4.00. The molecule has 2 saturated heterocycles. The molecule has 5 nitrogen and oxygen atoms in total. The van der Waals surface area contributed by atoms with Gasteiger partial charge < -0.3 is 10.4 Å². The van der Waals surface area contributed by atoms with Crippen LogP contribution in [0.5, 0.6) is 0 Å². The Hall–Kier alpha value is -0.650. The zero-order valence-electron chi connectivity index (χ0n) is 14.8. The van der Waals surface area contributed by atoms with Crippen LogP contribution in [0.2, 0.25) is 0 Å². The predicted octanol–water partition coefficient (Wildman–Crippen LogP) is 1.46. The monoisotopic (exact) mass is 311 g/mol. The van der Waals surface area contributed by atoms with E-state index in [0.29, 0.717) is 11.8 Å². The van der Waals surface area contributed by atoms with Gasteiger partial charge in [0, 0.05) is 25.2 Å². The second-order valence-electron chi connectivity index (χ2n) is 8.82. The third-order valence-corrected chi connectivity index (χ3v) is 4.98. The van der Waals surface area contributed by atoms with Crippen molar-refractivity contribution in [3.05, 3.63) is 0 Å². The molecule has 128 valence electrons. The van der Waals surface area contributed by atoms with E-state index in [9.17, 15) is 4.79 Å². The van der Waals surface area contributed by atoms with E-state index in [1.54, 1.807) is 0 Å². The molecule has 1 unspecified atom stereocenters. The third-order valence-electron chi connectivity index (χ3n) is 4.98. The molecule has 1 amide bonds. The quantitative estimate of drug-likeness (QED) is 0.735. The SMILES string of the molecule is CC(C)(C)CC(C)(C)N1CCC2(CC1)NC(=O)C(CCO)N2. The molecule has 1 spiro atoms. The van der Waals surface area contributed by atoms with E-state index < -0.39 is 0 Å². The first kappa shape index (κ1) is 17.7. The number of likely N-dealkylation sites (tertiary alicyclic amines) is 1. The number of piperidine rings is 1. The second-order valence-corrected chi connectivity index (χ2v) is 8.82. The topological polar surface area (TPSA) is 64.6 Å². The molecule has 0 aromatic carbocycles. The summed E-state index contributed by atoms with van der Waals surface area (Å²) >= 11 is 0. The summed E-state index contributed by atoms with van der Waals surface area (Å²) in [5, 5.41) is 15.6. The molecular formula is C17H33N3O2. The second kappa shape index (κ2) is 6.10. The number of carbonyl (C=O) groups excluding carboxylic acids is 1. The lowest BCUT2D eigenvalue weighted by Gasteiger charge is -2.48. The standard InChI is InChI=1S/C17H33N3O2/c1-15(2,3)12-16(4,5)20-9-7-17(8-10-20)18-13(6-11-21)14(22)19-17/h13,18,21H,6-12H2,1-5H3,(H,19,22). The van der Waals surface area contributed by atoms with Gasteiger partial charge >= 0.3 is 0 Å². The molecule has 1 atom stereocenters. The Balaban J connectivity index is 1.95. The van der Waals surface area contributed by atoms with Crippen LogP contribution in [0.25, 0.3) is 0 Å². The molecule has 0 bridgehead atoms. The first-order valence-electron chi connectivity index (χ1n) is 8.53. The van der Waals surface area contributed by atoms with Crippen molar-refractivity contribution in [2.45, 2.75) is 77.5 Å². The van der Waals surface area contributed by atoms with Crippen molar-refractivity contribution in [3.63, 3.8) is 0 Å². The largest absolute Gasteiger partial charge is 0.396 e. The van der Waals surface area contributed by atoms with Gasteiger partial charge in [-0.3, -0.25) is 15.0 Å². The van der Waals surface area contributed by atoms with Crippen LogP contribution in [0, 0.1) is 5.41 Å². The molecule has 2 rings (SSSR count). The molecule has 2 aliphatic heterocycles. The molecule has 0 radical (unpaired) electrons. The van der Waals surface area contributed by atoms with Crippen LogP contribution in [0.15, 0.2) is 0 Å². The minimum Gasteiger partial charge on any atom is -0.396 e. The predicted molar refractivity (Wildman–Crippen MR) is 88.5 cm³/mol.